The van der Waals surface area contributed by atoms with E-state index < -0.39 is 4.92 Å². The number of aryl methyl sites for hydroxylation is 1. The number of hydrogen-bond acceptors (Lipinski definition) is 8. The van der Waals surface area contributed by atoms with E-state index in [-0.39, 0.29) is 40.0 Å². The number of ether oxygens (including phenoxy) is 2. The molecule has 0 unspecified atom stereocenters. The lowest BCUT2D eigenvalue weighted by molar-refractivity contribution is -0.384. The van der Waals surface area contributed by atoms with Crippen LogP contribution in [-0.2, 0) is 0 Å². The minimum atomic E-state index is -0.579. The van der Waals surface area contributed by atoms with Crippen LogP contribution in [0.4, 0.5) is 11.4 Å². The van der Waals surface area contributed by atoms with E-state index in [1.54, 1.807) is 10.6 Å². The summed E-state index contributed by atoms with van der Waals surface area (Å²) in [5.74, 6) is -0.0992. The number of nitrogens with zero attached hydrogens (tertiary/aromatic N) is 3. The summed E-state index contributed by atoms with van der Waals surface area (Å²) in [6, 6.07) is 14.7. The maximum atomic E-state index is 13.2. The van der Waals surface area contributed by atoms with Gasteiger partial charge in [0.25, 0.3) is 5.69 Å². The van der Waals surface area contributed by atoms with Crippen molar-refractivity contribution in [3.63, 3.8) is 0 Å². The molecule has 2 heterocycles. The van der Waals surface area contributed by atoms with Crippen LogP contribution in [0.1, 0.15) is 27.2 Å². The van der Waals surface area contributed by atoms with Crippen molar-refractivity contribution in [3.8, 4) is 17.2 Å². The van der Waals surface area contributed by atoms with Crippen LogP contribution in [0.5, 0.6) is 17.2 Å². The number of aromatic hydroxyl groups is 1. The second kappa shape index (κ2) is 9.56. The van der Waals surface area contributed by atoms with Gasteiger partial charge in [-0.1, -0.05) is 6.07 Å². The van der Waals surface area contributed by atoms with Crippen LogP contribution < -0.4 is 14.9 Å². The van der Waals surface area contributed by atoms with Crippen molar-refractivity contribution in [3.05, 3.63) is 93.3 Å². The lowest BCUT2D eigenvalue weighted by Crippen LogP contribution is -2.08. The van der Waals surface area contributed by atoms with Gasteiger partial charge in [0.2, 0.25) is 11.5 Å². The van der Waals surface area contributed by atoms with Crippen LogP contribution >= 0.6 is 0 Å². The zero-order valence-corrected chi connectivity index (χ0v) is 19.2. The predicted molar refractivity (Wildman–Crippen MR) is 131 cm³/mol. The molecule has 0 fully saturated rings. The minimum absolute atomic E-state index is 0.109. The Morgan fingerprint density at radius 3 is 2.49 bits per heavy atom. The Kier molecular flexibility index (Phi) is 6.36. The van der Waals surface area contributed by atoms with Crippen molar-refractivity contribution in [2.24, 2.45) is 5.10 Å². The lowest BCUT2D eigenvalue weighted by atomic mass is 10.0. The normalized spacial score (nSPS) is 11.1. The number of hydrazone groups is 1. The molecule has 0 spiro atoms. The summed E-state index contributed by atoms with van der Waals surface area (Å²) in [6.07, 6.45) is 3.17. The van der Waals surface area contributed by atoms with E-state index in [0.29, 0.717) is 11.3 Å². The first-order valence-corrected chi connectivity index (χ1v) is 10.5. The fourth-order valence-electron chi connectivity index (χ4n) is 3.77. The Morgan fingerprint density at radius 1 is 1.11 bits per heavy atom. The SMILES string of the molecule is COc1cc(/C=N/Nc2ccc(C(=O)c3c(C)cc4ccccn34)cc2[N+](=O)[O-])cc(OC)c1O. The summed E-state index contributed by atoms with van der Waals surface area (Å²) in [7, 11) is 2.80. The maximum Gasteiger partial charge on any atom is 0.294 e. The summed E-state index contributed by atoms with van der Waals surface area (Å²) >= 11 is 0. The molecule has 10 heteroatoms. The summed E-state index contributed by atoms with van der Waals surface area (Å²) in [6.45, 7) is 1.83. The number of nitrogens with one attached hydrogen (secondary N) is 1. The van der Waals surface area contributed by atoms with Crippen molar-refractivity contribution in [2.45, 2.75) is 6.92 Å². The number of aromatic nitrogens is 1. The molecular weight excluding hydrogens is 452 g/mol. The van der Waals surface area contributed by atoms with Crippen molar-refractivity contribution < 1.29 is 24.3 Å². The Hall–Kier alpha value is -4.86. The summed E-state index contributed by atoms with van der Waals surface area (Å²) in [4.78, 5) is 24.4. The molecule has 0 aliphatic heterocycles. The number of anilines is 1. The van der Waals surface area contributed by atoms with Gasteiger partial charge in [-0.3, -0.25) is 20.3 Å². The monoisotopic (exact) mass is 474 g/mol. The van der Waals surface area contributed by atoms with Crippen LogP contribution in [0, 0.1) is 17.0 Å². The van der Waals surface area contributed by atoms with Crippen LogP contribution in [0.3, 0.4) is 0 Å². The van der Waals surface area contributed by atoms with Crippen LogP contribution in [0.2, 0.25) is 0 Å². The van der Waals surface area contributed by atoms with Gasteiger partial charge < -0.3 is 19.0 Å². The number of rotatable bonds is 8. The Balaban J connectivity index is 1.63. The average Bonchev–Trinajstić information content (AvgIpc) is 3.19. The molecule has 10 nitrogen and oxygen atoms in total. The van der Waals surface area contributed by atoms with Gasteiger partial charge in [0.15, 0.2) is 11.5 Å². The summed E-state index contributed by atoms with van der Waals surface area (Å²) in [5, 5.41) is 25.8. The summed E-state index contributed by atoms with van der Waals surface area (Å²) in [5.41, 5.74) is 5.24. The smallest absolute Gasteiger partial charge is 0.294 e. The third kappa shape index (κ3) is 4.49. The highest BCUT2D eigenvalue weighted by Gasteiger charge is 2.22. The second-order valence-electron chi connectivity index (χ2n) is 7.63. The van der Waals surface area contributed by atoms with Crippen molar-refractivity contribution >= 4 is 28.9 Å². The molecule has 0 radical (unpaired) electrons. The van der Waals surface area contributed by atoms with Crippen LogP contribution in [-0.4, -0.2) is 40.6 Å². The number of methoxy groups -OCH3 is 2. The van der Waals surface area contributed by atoms with Gasteiger partial charge in [-0.25, -0.2) is 0 Å². The van der Waals surface area contributed by atoms with Gasteiger partial charge in [-0.2, -0.15) is 5.10 Å². The average molecular weight is 474 g/mol. The third-order valence-electron chi connectivity index (χ3n) is 5.44. The number of ketones is 1. The van der Waals surface area contributed by atoms with Crippen molar-refractivity contribution in [1.82, 2.24) is 4.40 Å². The van der Waals surface area contributed by atoms with Crippen molar-refractivity contribution in [2.75, 3.05) is 19.6 Å². The predicted octanol–water partition coefficient (Wildman–Crippen LogP) is 4.56. The molecular formula is C25H22N4O6. The number of carbonyl (C=O) groups is 1. The van der Waals surface area contributed by atoms with E-state index in [1.165, 1.54) is 50.8 Å². The molecule has 0 saturated heterocycles. The lowest BCUT2D eigenvalue weighted by Gasteiger charge is -2.09. The number of phenols is 1. The van der Waals surface area contributed by atoms with E-state index in [1.807, 2.05) is 31.2 Å². The van der Waals surface area contributed by atoms with Crippen LogP contribution in [0.25, 0.3) is 5.52 Å². The summed E-state index contributed by atoms with van der Waals surface area (Å²) < 4.78 is 12.0. The van der Waals surface area contributed by atoms with E-state index in [9.17, 15) is 20.0 Å². The van der Waals surface area contributed by atoms with Gasteiger partial charge in [0.05, 0.1) is 31.1 Å². The molecule has 2 aromatic heterocycles. The van der Waals surface area contributed by atoms with Gasteiger partial charge in [0.1, 0.15) is 5.69 Å². The zero-order chi connectivity index (χ0) is 25.1. The largest absolute Gasteiger partial charge is 0.502 e. The Labute approximate surface area is 200 Å². The molecule has 35 heavy (non-hydrogen) atoms. The zero-order valence-electron chi connectivity index (χ0n) is 19.2. The second-order valence-corrected chi connectivity index (χ2v) is 7.63. The standard InChI is InChI=1S/C25H22N4O6/c1-15-10-18-6-4-5-9-28(18)23(15)24(30)17-7-8-19(20(13-17)29(32)33)27-26-14-16-11-21(34-2)25(31)22(12-16)35-3/h4-14,27,31H,1-3H3/b26-14+. The van der Waals surface area contributed by atoms with Gasteiger partial charge >= 0.3 is 0 Å². The molecule has 0 aliphatic rings. The van der Waals surface area contributed by atoms with Gasteiger partial charge in [0, 0.05) is 28.9 Å². The minimum Gasteiger partial charge on any atom is -0.502 e. The first-order valence-electron chi connectivity index (χ1n) is 10.5. The van der Waals surface area contributed by atoms with E-state index in [2.05, 4.69) is 10.5 Å². The number of nitro benzene ring substituents is 1. The molecule has 0 bridgehead atoms. The Bertz CT molecular complexity index is 1450. The number of pyridine rings is 1. The fourth-order valence-corrected chi connectivity index (χ4v) is 3.77. The number of phenolic OH excluding ortho intramolecular Hbond substituents is 1. The number of benzene rings is 2. The van der Waals surface area contributed by atoms with Gasteiger partial charge in [-0.05, 0) is 55.0 Å². The van der Waals surface area contributed by atoms with Crippen molar-refractivity contribution in [1.29, 1.82) is 0 Å². The molecule has 0 amide bonds. The first kappa shape index (κ1) is 23.3. The molecule has 2 N–H and O–H groups in total. The highest BCUT2D eigenvalue weighted by Crippen LogP contribution is 2.36. The molecule has 2 aromatic carbocycles. The first-order chi connectivity index (χ1) is 16.8. The fraction of sp³-hybridized carbons (Fsp3) is 0.120. The molecule has 0 aliphatic carbocycles. The Morgan fingerprint density at radius 2 is 1.83 bits per heavy atom. The topological polar surface area (TPSA) is 128 Å². The molecule has 4 rings (SSSR count). The highest BCUT2D eigenvalue weighted by molar-refractivity contribution is 6.10. The van der Waals surface area contributed by atoms with Gasteiger partial charge in [-0.15, -0.1) is 0 Å². The maximum absolute atomic E-state index is 13.2. The number of fused-ring (bicyclic) bond motifs is 1. The molecule has 0 saturated carbocycles. The van der Waals surface area contributed by atoms with Crippen LogP contribution in [0.15, 0.2) is 65.9 Å². The highest BCUT2D eigenvalue weighted by atomic mass is 16.6. The van der Waals surface area contributed by atoms with E-state index in [4.69, 9.17) is 9.47 Å². The molecule has 178 valence electrons. The number of nitro groups is 1. The van der Waals surface area contributed by atoms with E-state index in [0.717, 1.165) is 11.1 Å². The van der Waals surface area contributed by atoms with E-state index >= 15 is 0 Å². The molecule has 0 atom stereocenters. The number of carbonyl (C=O) groups excluding carboxylic acids is 1. The third-order valence-corrected chi connectivity index (χ3v) is 5.44. The molecule has 4 aromatic rings. The number of hydrogen-bond donors (Lipinski definition) is 2. The quantitative estimate of drug-likeness (QED) is 0.166.